The van der Waals surface area contributed by atoms with Gasteiger partial charge < -0.3 is 35.5 Å². The van der Waals surface area contributed by atoms with Crippen LogP contribution in [0.3, 0.4) is 0 Å². The van der Waals surface area contributed by atoms with Gasteiger partial charge in [-0.3, -0.25) is 4.79 Å². The Bertz CT molecular complexity index is 960. The molecule has 9 heteroatoms. The smallest absolute Gasteiger partial charge is 0.261 e. The van der Waals surface area contributed by atoms with E-state index in [1.165, 1.54) is 0 Å². The lowest BCUT2D eigenvalue weighted by Gasteiger charge is -2.31. The second-order valence-corrected chi connectivity index (χ2v) is 7.76. The Morgan fingerprint density at radius 3 is 2.83 bits per heavy atom. The molecule has 3 aliphatic rings. The molecule has 3 aliphatic heterocycles. The molecule has 30 heavy (non-hydrogen) atoms. The molecule has 0 bridgehead atoms. The van der Waals surface area contributed by atoms with E-state index >= 15 is 0 Å². The van der Waals surface area contributed by atoms with Gasteiger partial charge >= 0.3 is 0 Å². The Morgan fingerprint density at radius 1 is 1.40 bits per heavy atom. The van der Waals surface area contributed by atoms with Gasteiger partial charge in [0.1, 0.15) is 23.3 Å². The van der Waals surface area contributed by atoms with E-state index in [1.807, 2.05) is 19.9 Å². The standard InChI is InChI=1S/C21H25N5O4/c1-21(2)18(27)13-10-16(26-6-8-29-9-7-26)15(11-17(13)30-21)25-20(28)14(12-22)19-23-4-3-5-24-19/h3-5,10-12,18,22-23,27H,6-9H2,1-2H3,(H,25,28)/b19-14-,22-12?. The second-order valence-electron chi connectivity index (χ2n) is 7.76. The number of rotatable bonds is 4. The number of aliphatic hydroxyl groups excluding tert-OH is 1. The number of aliphatic hydroxyl groups is 1. The van der Waals surface area contributed by atoms with E-state index in [9.17, 15) is 9.90 Å². The zero-order chi connectivity index (χ0) is 21.3. The normalized spacial score (nSPS) is 23.3. The summed E-state index contributed by atoms with van der Waals surface area (Å²) >= 11 is 0. The number of morpholine rings is 1. The van der Waals surface area contributed by atoms with E-state index in [4.69, 9.17) is 14.9 Å². The molecule has 3 heterocycles. The number of ether oxygens (including phenoxy) is 2. The highest BCUT2D eigenvalue weighted by Gasteiger charge is 2.41. The summed E-state index contributed by atoms with van der Waals surface area (Å²) in [4.78, 5) is 19.2. The third-order valence-electron chi connectivity index (χ3n) is 5.30. The lowest BCUT2D eigenvalue weighted by molar-refractivity contribution is -0.112. The first kappa shape index (κ1) is 20.1. The third-order valence-corrected chi connectivity index (χ3v) is 5.30. The first-order valence-electron chi connectivity index (χ1n) is 9.80. The number of aliphatic imine (C=N–C) groups is 1. The molecule has 1 saturated heterocycles. The maximum atomic E-state index is 13.0. The van der Waals surface area contributed by atoms with Gasteiger partial charge in [-0.05, 0) is 26.0 Å². The summed E-state index contributed by atoms with van der Waals surface area (Å²) in [5.41, 5.74) is 1.35. The molecular weight excluding hydrogens is 386 g/mol. The molecule has 0 radical (unpaired) electrons. The van der Waals surface area contributed by atoms with Crippen LogP contribution in [0.2, 0.25) is 0 Å². The van der Waals surface area contributed by atoms with E-state index in [0.717, 1.165) is 11.9 Å². The van der Waals surface area contributed by atoms with Crippen molar-refractivity contribution in [3.05, 3.63) is 41.4 Å². The molecule has 9 nitrogen and oxygen atoms in total. The molecule has 0 aliphatic carbocycles. The SMILES string of the molecule is CC1(C)Oc2cc(NC(=O)/C(C=N)=C3\N=CC=CN3)c(N3CCOCC3)cc2C1O. The van der Waals surface area contributed by atoms with Crippen LogP contribution in [0.4, 0.5) is 11.4 Å². The van der Waals surface area contributed by atoms with Crippen LogP contribution >= 0.6 is 0 Å². The molecule has 0 saturated carbocycles. The van der Waals surface area contributed by atoms with Crippen LogP contribution < -0.4 is 20.3 Å². The van der Waals surface area contributed by atoms with Crippen LogP contribution in [0.5, 0.6) is 5.75 Å². The summed E-state index contributed by atoms with van der Waals surface area (Å²) in [6.07, 6.45) is 5.09. The van der Waals surface area contributed by atoms with Gasteiger partial charge in [0, 0.05) is 43.3 Å². The number of nitrogens with one attached hydrogen (secondary N) is 3. The molecule has 0 aromatic heterocycles. The first-order valence-corrected chi connectivity index (χ1v) is 9.80. The van der Waals surface area contributed by atoms with Gasteiger partial charge in [-0.1, -0.05) is 0 Å². The molecule has 0 spiro atoms. The summed E-state index contributed by atoms with van der Waals surface area (Å²) in [6.45, 7) is 6.13. The average molecular weight is 411 g/mol. The van der Waals surface area contributed by atoms with E-state index in [-0.39, 0.29) is 5.57 Å². The lowest BCUT2D eigenvalue weighted by atomic mass is 9.97. The molecular formula is C21H25N5O4. The van der Waals surface area contributed by atoms with Gasteiger partial charge in [0.25, 0.3) is 5.91 Å². The second kappa shape index (κ2) is 7.92. The van der Waals surface area contributed by atoms with Crippen molar-refractivity contribution in [2.24, 2.45) is 4.99 Å². The van der Waals surface area contributed by atoms with E-state index < -0.39 is 17.6 Å². The monoisotopic (exact) mass is 411 g/mol. The number of allylic oxidation sites excluding steroid dienone is 1. The highest BCUT2D eigenvalue weighted by atomic mass is 16.5. The van der Waals surface area contributed by atoms with Crippen molar-refractivity contribution >= 4 is 29.7 Å². The fourth-order valence-electron chi connectivity index (χ4n) is 3.67. The third kappa shape index (κ3) is 3.69. The fraction of sp³-hybridized carbons (Fsp3) is 0.381. The minimum absolute atomic E-state index is 0.102. The fourth-order valence-corrected chi connectivity index (χ4v) is 3.67. The predicted molar refractivity (Wildman–Crippen MR) is 114 cm³/mol. The van der Waals surface area contributed by atoms with Crippen LogP contribution in [0.15, 0.2) is 40.8 Å². The number of carbonyl (C=O) groups excluding carboxylic acids is 1. The van der Waals surface area contributed by atoms with Crippen molar-refractivity contribution in [2.75, 3.05) is 36.5 Å². The minimum atomic E-state index is -0.774. The highest BCUT2D eigenvalue weighted by molar-refractivity contribution is 6.18. The van der Waals surface area contributed by atoms with Crippen molar-refractivity contribution in [3.63, 3.8) is 0 Å². The van der Waals surface area contributed by atoms with Crippen LogP contribution in [-0.2, 0) is 9.53 Å². The Kier molecular flexibility index (Phi) is 5.31. The van der Waals surface area contributed by atoms with Gasteiger partial charge in [0.05, 0.1) is 30.2 Å². The molecule has 1 atom stereocenters. The maximum Gasteiger partial charge on any atom is 0.261 e. The summed E-state index contributed by atoms with van der Waals surface area (Å²) in [6, 6.07) is 3.60. The Balaban J connectivity index is 1.71. The van der Waals surface area contributed by atoms with Gasteiger partial charge in [0.15, 0.2) is 0 Å². The Labute approximate surface area is 174 Å². The van der Waals surface area contributed by atoms with E-state index in [1.54, 1.807) is 24.6 Å². The first-order chi connectivity index (χ1) is 14.4. The number of nitrogens with zero attached hydrogens (tertiary/aromatic N) is 2. The zero-order valence-corrected chi connectivity index (χ0v) is 16.9. The molecule has 1 fully saturated rings. The predicted octanol–water partition coefficient (Wildman–Crippen LogP) is 1.71. The van der Waals surface area contributed by atoms with Crippen molar-refractivity contribution in [3.8, 4) is 5.75 Å². The molecule has 1 unspecified atom stereocenters. The molecule has 4 N–H and O–H groups in total. The number of hydrogen-bond donors (Lipinski definition) is 4. The van der Waals surface area contributed by atoms with Crippen molar-refractivity contribution in [2.45, 2.75) is 25.6 Å². The molecule has 1 amide bonds. The number of benzene rings is 1. The van der Waals surface area contributed by atoms with Crippen molar-refractivity contribution < 1.29 is 19.4 Å². The largest absolute Gasteiger partial charge is 0.484 e. The molecule has 4 rings (SSSR count). The quantitative estimate of drug-likeness (QED) is 0.442. The van der Waals surface area contributed by atoms with Crippen LogP contribution in [0.25, 0.3) is 0 Å². The Morgan fingerprint density at radius 2 is 2.17 bits per heavy atom. The molecule has 158 valence electrons. The van der Waals surface area contributed by atoms with Gasteiger partial charge in [-0.15, -0.1) is 0 Å². The summed E-state index contributed by atoms with van der Waals surface area (Å²) in [5.74, 6) is 0.361. The van der Waals surface area contributed by atoms with Crippen molar-refractivity contribution in [1.82, 2.24) is 5.32 Å². The Hall–Kier alpha value is -3.17. The minimum Gasteiger partial charge on any atom is -0.484 e. The van der Waals surface area contributed by atoms with Crippen LogP contribution in [0.1, 0.15) is 25.5 Å². The number of amides is 1. The molecule has 1 aromatic carbocycles. The van der Waals surface area contributed by atoms with Crippen molar-refractivity contribution in [1.29, 1.82) is 5.41 Å². The van der Waals surface area contributed by atoms with E-state index in [2.05, 4.69) is 20.5 Å². The topological polar surface area (TPSA) is 119 Å². The number of anilines is 2. The highest BCUT2D eigenvalue weighted by Crippen LogP contribution is 2.47. The van der Waals surface area contributed by atoms with Gasteiger partial charge in [-0.25, -0.2) is 4.99 Å². The number of carbonyl (C=O) groups is 1. The number of hydrogen-bond acceptors (Lipinski definition) is 8. The zero-order valence-electron chi connectivity index (χ0n) is 16.9. The summed E-state index contributed by atoms with van der Waals surface area (Å²) in [5, 5.41) is 24.1. The van der Waals surface area contributed by atoms with Crippen LogP contribution in [-0.4, -0.2) is 55.3 Å². The maximum absolute atomic E-state index is 13.0. The van der Waals surface area contributed by atoms with E-state index in [0.29, 0.717) is 49.1 Å². The van der Waals surface area contributed by atoms with Gasteiger partial charge in [0.2, 0.25) is 0 Å². The average Bonchev–Trinajstić information content (AvgIpc) is 2.97. The summed E-state index contributed by atoms with van der Waals surface area (Å²) < 4.78 is 11.4. The van der Waals surface area contributed by atoms with Crippen LogP contribution in [0, 0.1) is 5.41 Å². The summed E-state index contributed by atoms with van der Waals surface area (Å²) in [7, 11) is 0. The number of fused-ring (bicyclic) bond motifs is 1. The van der Waals surface area contributed by atoms with Gasteiger partial charge in [-0.2, -0.15) is 0 Å². The lowest BCUT2D eigenvalue weighted by Crippen LogP contribution is -2.37. The molecule has 1 aromatic rings.